The van der Waals surface area contributed by atoms with E-state index in [4.69, 9.17) is 0 Å². The largest absolute Gasteiger partial charge is 0.298 e. The first-order valence-electron chi connectivity index (χ1n) is 9.25. The van der Waals surface area contributed by atoms with Gasteiger partial charge in [0.2, 0.25) is 0 Å². The molecule has 0 N–H and O–H groups in total. The molecule has 1 heteroatoms. The molecule has 0 aromatic heterocycles. The van der Waals surface area contributed by atoms with Gasteiger partial charge in [-0.05, 0) is 49.0 Å². The predicted octanol–water partition coefficient (Wildman–Crippen LogP) is 6.23. The van der Waals surface area contributed by atoms with Gasteiger partial charge in [0.25, 0.3) is 0 Å². The minimum absolute atomic E-state index is 0.362. The molecule has 0 aromatic rings. The molecule has 128 valence electrons. The van der Waals surface area contributed by atoms with Gasteiger partial charge in [-0.15, -0.1) is 0 Å². The summed E-state index contributed by atoms with van der Waals surface area (Å²) in [5, 5.41) is 0. The summed E-state index contributed by atoms with van der Waals surface area (Å²) in [6.07, 6.45) is 3.90. The Labute approximate surface area is 135 Å². The average Bonchev–Trinajstić information content (AvgIpc) is 2.33. The average molecular weight is 298 g/mol. The summed E-state index contributed by atoms with van der Waals surface area (Å²) in [6, 6.07) is 0. The topological polar surface area (TPSA) is 3.24 Å². The van der Waals surface area contributed by atoms with Crippen molar-refractivity contribution in [3.05, 3.63) is 0 Å². The van der Waals surface area contributed by atoms with Crippen LogP contribution in [0.4, 0.5) is 0 Å². The maximum Gasteiger partial charge on any atom is 0.0214 e. The van der Waals surface area contributed by atoms with Gasteiger partial charge in [-0.25, -0.2) is 0 Å². The molecule has 0 aliphatic carbocycles. The highest BCUT2D eigenvalue weighted by molar-refractivity contribution is 4.95. The summed E-state index contributed by atoms with van der Waals surface area (Å²) >= 11 is 0. The molecule has 1 nitrogen and oxygen atoms in total. The zero-order valence-corrected chi connectivity index (χ0v) is 16.7. The van der Waals surface area contributed by atoms with Crippen molar-refractivity contribution in [1.29, 1.82) is 0 Å². The second-order valence-corrected chi connectivity index (χ2v) is 8.93. The molecule has 0 saturated heterocycles. The van der Waals surface area contributed by atoms with Crippen LogP contribution >= 0.6 is 0 Å². The van der Waals surface area contributed by atoms with E-state index in [1.54, 1.807) is 0 Å². The fourth-order valence-electron chi connectivity index (χ4n) is 3.72. The van der Waals surface area contributed by atoms with Gasteiger partial charge in [-0.3, -0.25) is 4.90 Å². The lowest BCUT2D eigenvalue weighted by Gasteiger charge is -2.50. The van der Waals surface area contributed by atoms with Crippen molar-refractivity contribution in [2.45, 2.75) is 94.0 Å². The normalized spacial score (nSPS) is 16.3. The lowest BCUT2D eigenvalue weighted by Crippen LogP contribution is -2.53. The van der Waals surface area contributed by atoms with Gasteiger partial charge in [0, 0.05) is 12.1 Å². The van der Waals surface area contributed by atoms with E-state index in [-0.39, 0.29) is 0 Å². The smallest absolute Gasteiger partial charge is 0.0214 e. The zero-order valence-electron chi connectivity index (χ0n) is 16.7. The summed E-state index contributed by atoms with van der Waals surface area (Å²) in [5.74, 6) is 2.23. The molecule has 0 aliphatic rings. The molecule has 0 saturated carbocycles. The Hall–Kier alpha value is -0.0400. The molecule has 1 atom stereocenters. The Bertz CT molecular complexity index is 278. The molecule has 0 fully saturated rings. The highest BCUT2D eigenvalue weighted by Gasteiger charge is 2.40. The summed E-state index contributed by atoms with van der Waals surface area (Å²) in [6.45, 7) is 26.3. The molecule has 1 unspecified atom stereocenters. The quantitative estimate of drug-likeness (QED) is 0.462. The van der Waals surface area contributed by atoms with Gasteiger partial charge in [0.05, 0.1) is 0 Å². The molecule has 0 bridgehead atoms. The Morgan fingerprint density at radius 1 is 0.857 bits per heavy atom. The monoisotopic (exact) mass is 297 g/mol. The molecular formula is C20H43N. The van der Waals surface area contributed by atoms with Crippen molar-refractivity contribution < 1.29 is 0 Å². The van der Waals surface area contributed by atoms with E-state index in [0.717, 1.165) is 17.8 Å². The third-order valence-corrected chi connectivity index (χ3v) is 5.43. The molecule has 0 aromatic carbocycles. The fraction of sp³-hybridized carbons (Fsp3) is 1.00. The highest BCUT2D eigenvalue weighted by atomic mass is 15.2. The first kappa shape index (κ1) is 21.0. The van der Waals surface area contributed by atoms with Crippen LogP contribution in [-0.2, 0) is 0 Å². The summed E-state index contributed by atoms with van der Waals surface area (Å²) in [5.41, 5.74) is 0.760. The van der Waals surface area contributed by atoms with Crippen LogP contribution in [0.1, 0.15) is 88.5 Å². The van der Waals surface area contributed by atoms with Crippen LogP contribution in [0.2, 0.25) is 0 Å². The maximum atomic E-state index is 2.79. The Morgan fingerprint density at radius 2 is 1.38 bits per heavy atom. The molecule has 0 heterocycles. The van der Waals surface area contributed by atoms with E-state index in [2.05, 4.69) is 74.1 Å². The number of rotatable bonds is 10. The van der Waals surface area contributed by atoms with E-state index in [1.165, 1.54) is 32.4 Å². The molecule has 0 amide bonds. The van der Waals surface area contributed by atoms with Crippen molar-refractivity contribution in [2.24, 2.45) is 23.2 Å². The summed E-state index contributed by atoms with van der Waals surface area (Å²) < 4.78 is 0. The van der Waals surface area contributed by atoms with E-state index in [1.807, 2.05) is 0 Å². The lowest BCUT2D eigenvalue weighted by molar-refractivity contribution is 0.00475. The molecule has 0 rings (SSSR count). The van der Waals surface area contributed by atoms with Crippen LogP contribution in [0.5, 0.6) is 0 Å². The Balaban J connectivity index is 5.51. The van der Waals surface area contributed by atoms with Gasteiger partial charge < -0.3 is 0 Å². The van der Waals surface area contributed by atoms with Crippen molar-refractivity contribution in [3.63, 3.8) is 0 Å². The third-order valence-electron chi connectivity index (χ3n) is 5.43. The summed E-state index contributed by atoms with van der Waals surface area (Å²) in [7, 11) is 0. The maximum absolute atomic E-state index is 2.79. The van der Waals surface area contributed by atoms with Gasteiger partial charge in [-0.1, -0.05) is 69.2 Å². The molecule has 0 aliphatic heterocycles. The number of hydrogen-bond donors (Lipinski definition) is 0. The highest BCUT2D eigenvalue weighted by Crippen LogP contribution is 2.42. The molecule has 0 radical (unpaired) electrons. The first-order valence-corrected chi connectivity index (χ1v) is 9.25. The molecule has 21 heavy (non-hydrogen) atoms. The Kier molecular flexibility index (Phi) is 8.54. The van der Waals surface area contributed by atoms with Crippen LogP contribution < -0.4 is 0 Å². The van der Waals surface area contributed by atoms with Gasteiger partial charge in [0.1, 0.15) is 0 Å². The Morgan fingerprint density at radius 3 is 1.67 bits per heavy atom. The fourth-order valence-corrected chi connectivity index (χ4v) is 3.72. The van der Waals surface area contributed by atoms with Crippen molar-refractivity contribution in [2.75, 3.05) is 13.1 Å². The van der Waals surface area contributed by atoms with E-state index >= 15 is 0 Å². The molecule has 0 spiro atoms. The van der Waals surface area contributed by atoms with Gasteiger partial charge in [-0.2, -0.15) is 0 Å². The lowest BCUT2D eigenvalue weighted by atomic mass is 9.67. The van der Waals surface area contributed by atoms with Crippen LogP contribution in [0.15, 0.2) is 0 Å². The van der Waals surface area contributed by atoms with Crippen molar-refractivity contribution in [3.8, 4) is 0 Å². The van der Waals surface area contributed by atoms with E-state index in [9.17, 15) is 0 Å². The predicted molar refractivity (Wildman–Crippen MR) is 97.8 cm³/mol. The van der Waals surface area contributed by atoms with Gasteiger partial charge in [0.15, 0.2) is 0 Å². The van der Waals surface area contributed by atoms with Crippen molar-refractivity contribution in [1.82, 2.24) is 4.90 Å². The van der Waals surface area contributed by atoms with Crippen molar-refractivity contribution >= 4 is 0 Å². The minimum atomic E-state index is 0.362. The number of nitrogens with zero attached hydrogens (tertiary/aromatic N) is 1. The van der Waals surface area contributed by atoms with Gasteiger partial charge >= 0.3 is 0 Å². The third kappa shape index (κ3) is 6.30. The summed E-state index contributed by atoms with van der Waals surface area (Å²) in [4.78, 5) is 2.79. The standard InChI is InChI=1S/C20H43N/c1-11-20(13-16(3)4,15-19(9,10)18(7)8)21(12-2)14-17(5)6/h16-18H,11-15H2,1-10H3. The van der Waals surface area contributed by atoms with Crippen LogP contribution in [0, 0.1) is 23.2 Å². The SMILES string of the molecule is CCN(CC(C)C)C(CC)(CC(C)C)CC(C)(C)C(C)C. The van der Waals surface area contributed by atoms with E-state index in [0.29, 0.717) is 11.0 Å². The first-order chi connectivity index (χ1) is 9.50. The van der Waals surface area contributed by atoms with Crippen LogP contribution in [0.3, 0.4) is 0 Å². The molecular weight excluding hydrogens is 254 g/mol. The van der Waals surface area contributed by atoms with E-state index < -0.39 is 0 Å². The number of hydrogen-bond acceptors (Lipinski definition) is 1. The second kappa shape index (κ2) is 8.56. The van der Waals surface area contributed by atoms with Crippen LogP contribution in [0.25, 0.3) is 0 Å². The minimum Gasteiger partial charge on any atom is -0.298 e. The zero-order chi connectivity index (χ0) is 16.8. The second-order valence-electron chi connectivity index (χ2n) is 8.93. The van der Waals surface area contributed by atoms with Crippen LogP contribution in [-0.4, -0.2) is 23.5 Å².